The third-order valence-corrected chi connectivity index (χ3v) is 7.54. The van der Waals surface area contributed by atoms with Gasteiger partial charge in [-0.2, -0.15) is 0 Å². The van der Waals surface area contributed by atoms with Crippen molar-refractivity contribution in [3.05, 3.63) is 101 Å². The number of carbonyl (C=O) groups excluding carboxylic acids is 3. The molecule has 1 aliphatic heterocycles. The lowest BCUT2D eigenvalue weighted by atomic mass is 9.78. The number of anilines is 2. The zero-order valence-electron chi connectivity index (χ0n) is 22.8. The number of allylic oxidation sites excluding steroid dienone is 1. The molecule has 41 heavy (non-hydrogen) atoms. The fourth-order valence-electron chi connectivity index (χ4n) is 5.55. The lowest BCUT2D eigenvalue weighted by Gasteiger charge is -2.35. The van der Waals surface area contributed by atoms with E-state index in [0.29, 0.717) is 40.2 Å². The number of para-hydroxylation sites is 2. The van der Waals surface area contributed by atoms with Gasteiger partial charge in [-0.15, -0.1) is 0 Å². The maximum atomic E-state index is 14.0. The molecule has 0 spiro atoms. The first-order valence-corrected chi connectivity index (χ1v) is 13.3. The van der Waals surface area contributed by atoms with Crippen LogP contribution in [-0.4, -0.2) is 43.0 Å². The summed E-state index contributed by atoms with van der Waals surface area (Å²) >= 11 is 0. The summed E-state index contributed by atoms with van der Waals surface area (Å²) in [7, 11) is 2.90. The number of rotatable bonds is 7. The molecule has 1 heterocycles. The van der Waals surface area contributed by atoms with Gasteiger partial charge in [0.05, 0.1) is 43.6 Å². The molecular weight excluding hydrogens is 524 g/mol. The highest BCUT2D eigenvalue weighted by molar-refractivity contribution is 6.06. The van der Waals surface area contributed by atoms with Gasteiger partial charge in [0.25, 0.3) is 0 Å². The molecule has 2 unspecified atom stereocenters. The predicted octanol–water partition coefficient (Wildman–Crippen LogP) is 5.25. The molecule has 3 aromatic rings. The Morgan fingerprint density at radius 1 is 0.902 bits per heavy atom. The van der Waals surface area contributed by atoms with Crippen LogP contribution in [0.1, 0.15) is 59.1 Å². The highest BCUT2D eigenvalue weighted by Gasteiger charge is 2.41. The second kappa shape index (κ2) is 11.7. The number of Topliss-reactive ketones (excluding diaryl/α,β-unsaturated/α-hetero) is 1. The SMILES string of the molecule is COC(=O)c1ccc(C2C3=C(CC(c4ccc(OC)cc4)CC3=O)Nc3ccccc3N2C(=O)CCC(=O)O)cc1. The molecule has 210 valence electrons. The van der Waals surface area contributed by atoms with Crippen LogP contribution in [0.15, 0.2) is 84.1 Å². The van der Waals surface area contributed by atoms with Gasteiger partial charge in [-0.05, 0) is 59.9 Å². The molecular formula is C32H30N2O7. The van der Waals surface area contributed by atoms with Gasteiger partial charge in [0.15, 0.2) is 5.78 Å². The van der Waals surface area contributed by atoms with Crippen LogP contribution in [0, 0.1) is 0 Å². The summed E-state index contributed by atoms with van der Waals surface area (Å²) in [6.07, 6.45) is 0.163. The maximum Gasteiger partial charge on any atom is 0.337 e. The lowest BCUT2D eigenvalue weighted by Crippen LogP contribution is -2.38. The van der Waals surface area contributed by atoms with Gasteiger partial charge in [-0.1, -0.05) is 36.4 Å². The topological polar surface area (TPSA) is 122 Å². The molecule has 1 aliphatic carbocycles. The fraction of sp³-hybridized carbons (Fsp3) is 0.250. The minimum absolute atomic E-state index is 0.0940. The largest absolute Gasteiger partial charge is 0.497 e. The molecule has 0 saturated heterocycles. The van der Waals surface area contributed by atoms with E-state index in [1.165, 1.54) is 12.0 Å². The minimum atomic E-state index is -1.09. The Morgan fingerprint density at radius 2 is 1.59 bits per heavy atom. The van der Waals surface area contributed by atoms with Gasteiger partial charge < -0.3 is 19.9 Å². The second-order valence-electron chi connectivity index (χ2n) is 10.0. The first-order valence-electron chi connectivity index (χ1n) is 13.3. The van der Waals surface area contributed by atoms with E-state index in [-0.39, 0.29) is 31.0 Å². The highest BCUT2D eigenvalue weighted by Crippen LogP contribution is 2.47. The molecule has 9 nitrogen and oxygen atoms in total. The third kappa shape index (κ3) is 5.56. The van der Waals surface area contributed by atoms with Crippen LogP contribution in [0.25, 0.3) is 0 Å². The number of nitrogens with one attached hydrogen (secondary N) is 1. The van der Waals surface area contributed by atoms with Crippen molar-refractivity contribution in [1.29, 1.82) is 0 Å². The molecule has 0 fully saturated rings. The van der Waals surface area contributed by atoms with Crippen LogP contribution < -0.4 is 15.0 Å². The number of nitrogens with zero attached hydrogens (tertiary/aromatic N) is 1. The lowest BCUT2D eigenvalue weighted by molar-refractivity contribution is -0.138. The number of methoxy groups -OCH3 is 2. The van der Waals surface area contributed by atoms with Gasteiger partial charge in [0, 0.05) is 24.1 Å². The summed E-state index contributed by atoms with van der Waals surface area (Å²) in [5, 5.41) is 12.8. The van der Waals surface area contributed by atoms with Gasteiger partial charge in [-0.25, -0.2) is 4.79 Å². The van der Waals surface area contributed by atoms with Crippen molar-refractivity contribution < 1.29 is 33.8 Å². The quantitative estimate of drug-likeness (QED) is 0.380. The van der Waals surface area contributed by atoms with Crippen molar-refractivity contribution in [2.45, 2.75) is 37.6 Å². The summed E-state index contributed by atoms with van der Waals surface area (Å²) in [4.78, 5) is 52.8. The molecule has 0 bridgehead atoms. The van der Waals surface area contributed by atoms with Crippen LogP contribution in [0.3, 0.4) is 0 Å². The number of ether oxygens (including phenoxy) is 2. The van der Waals surface area contributed by atoms with E-state index in [0.717, 1.165) is 11.3 Å². The predicted molar refractivity (Wildman–Crippen MR) is 152 cm³/mol. The first-order chi connectivity index (χ1) is 19.8. The van der Waals surface area contributed by atoms with Crippen molar-refractivity contribution in [3.8, 4) is 5.75 Å². The van der Waals surface area contributed by atoms with E-state index in [4.69, 9.17) is 9.47 Å². The zero-order chi connectivity index (χ0) is 29.1. The number of esters is 1. The van der Waals surface area contributed by atoms with E-state index in [1.54, 1.807) is 43.5 Å². The number of hydrogen-bond donors (Lipinski definition) is 2. The summed E-state index contributed by atoms with van der Waals surface area (Å²) in [5.74, 6) is -1.51. The summed E-state index contributed by atoms with van der Waals surface area (Å²) in [6, 6.07) is 20.7. The number of ketones is 1. The van der Waals surface area contributed by atoms with E-state index in [2.05, 4.69) is 5.32 Å². The molecule has 0 aromatic heterocycles. The number of aliphatic carboxylic acids is 1. The number of fused-ring (bicyclic) bond motifs is 1. The first kappa shape index (κ1) is 27.6. The number of carboxylic acid groups (broad SMARTS) is 1. The van der Waals surface area contributed by atoms with Crippen LogP contribution in [0.2, 0.25) is 0 Å². The zero-order valence-corrected chi connectivity index (χ0v) is 22.8. The molecule has 0 radical (unpaired) electrons. The van der Waals surface area contributed by atoms with Crippen LogP contribution in [-0.2, 0) is 19.1 Å². The molecule has 2 aliphatic rings. The van der Waals surface area contributed by atoms with Gasteiger partial charge in [-0.3, -0.25) is 19.3 Å². The van der Waals surface area contributed by atoms with E-state index < -0.39 is 23.9 Å². The number of amides is 1. The second-order valence-corrected chi connectivity index (χ2v) is 10.0. The number of benzene rings is 3. The number of carbonyl (C=O) groups is 4. The standard InChI is InChI=1S/C32H30N2O7/c1-40-23-13-11-19(12-14-23)22-17-25-30(27(35)18-22)31(20-7-9-21(10-8-20)32(39)41-2)34(28(36)15-16-29(37)38)26-6-4-3-5-24(26)33-25/h3-14,22,31,33H,15-18H2,1-2H3,(H,37,38). The monoisotopic (exact) mass is 554 g/mol. The Balaban J connectivity index is 1.65. The number of hydrogen-bond acceptors (Lipinski definition) is 7. The van der Waals surface area contributed by atoms with E-state index in [1.807, 2.05) is 36.4 Å². The molecule has 3 aromatic carbocycles. The molecule has 0 saturated carbocycles. The summed E-state index contributed by atoms with van der Waals surface area (Å²) in [5.41, 5.74) is 4.26. The molecule has 1 amide bonds. The summed E-state index contributed by atoms with van der Waals surface area (Å²) in [6.45, 7) is 0. The normalized spacial score (nSPS) is 18.0. The van der Waals surface area contributed by atoms with Gasteiger partial charge >= 0.3 is 11.9 Å². The van der Waals surface area contributed by atoms with Gasteiger partial charge in [0.2, 0.25) is 5.91 Å². The molecule has 2 N–H and O–H groups in total. The molecule has 5 rings (SSSR count). The average Bonchev–Trinajstić information content (AvgIpc) is 3.14. The minimum Gasteiger partial charge on any atom is -0.497 e. The van der Waals surface area contributed by atoms with Crippen LogP contribution in [0.4, 0.5) is 11.4 Å². The van der Waals surface area contributed by atoms with E-state index in [9.17, 15) is 24.3 Å². The Labute approximate surface area is 237 Å². The van der Waals surface area contributed by atoms with Crippen molar-refractivity contribution in [3.63, 3.8) is 0 Å². The van der Waals surface area contributed by atoms with Crippen molar-refractivity contribution in [2.75, 3.05) is 24.4 Å². The van der Waals surface area contributed by atoms with E-state index >= 15 is 0 Å². The van der Waals surface area contributed by atoms with Gasteiger partial charge in [0.1, 0.15) is 5.75 Å². The van der Waals surface area contributed by atoms with Crippen molar-refractivity contribution in [1.82, 2.24) is 0 Å². The maximum absolute atomic E-state index is 14.0. The number of carboxylic acids is 1. The smallest absolute Gasteiger partial charge is 0.337 e. The third-order valence-electron chi connectivity index (χ3n) is 7.54. The Bertz CT molecular complexity index is 1530. The Hall–Kier alpha value is -4.92. The molecule has 9 heteroatoms. The Kier molecular flexibility index (Phi) is 7.87. The summed E-state index contributed by atoms with van der Waals surface area (Å²) < 4.78 is 10.1. The van der Waals surface area contributed by atoms with Crippen LogP contribution in [0.5, 0.6) is 5.75 Å². The Morgan fingerprint density at radius 3 is 2.24 bits per heavy atom. The molecule has 2 atom stereocenters. The average molecular weight is 555 g/mol. The van der Waals surface area contributed by atoms with Crippen molar-refractivity contribution >= 4 is 35.0 Å². The van der Waals surface area contributed by atoms with Crippen molar-refractivity contribution in [2.24, 2.45) is 0 Å². The fourth-order valence-corrected chi connectivity index (χ4v) is 5.55. The van der Waals surface area contributed by atoms with Crippen LogP contribution >= 0.6 is 0 Å². The highest BCUT2D eigenvalue weighted by atomic mass is 16.5.